The van der Waals surface area contributed by atoms with E-state index in [1.807, 2.05) is 43.3 Å². The van der Waals surface area contributed by atoms with Crippen molar-refractivity contribution in [1.82, 2.24) is 4.90 Å². The molecule has 0 amide bonds. The molecule has 0 aliphatic heterocycles. The molecule has 0 aromatic heterocycles. The van der Waals surface area contributed by atoms with Gasteiger partial charge in [-0.1, -0.05) is 24.3 Å². The summed E-state index contributed by atoms with van der Waals surface area (Å²) < 4.78 is 16.3. The summed E-state index contributed by atoms with van der Waals surface area (Å²) in [6.07, 6.45) is 4.98. The van der Waals surface area contributed by atoms with Crippen LogP contribution in [0.5, 0.6) is 23.0 Å². The standard InChI is InChI=1S/C26H35NO5/c1-6-9-19-13-21(25(28)23(15-19)30-4)17-27(11-12-32-8-3)18-22-14-20(10-7-2)16-24(31-5)26(22)29/h6-7,13-16,28-29H,1-2,8-12,17-18H2,3-5H3. The second kappa shape index (κ2) is 12.8. The fraction of sp³-hybridized carbons (Fsp3) is 0.385. The fourth-order valence-electron chi connectivity index (χ4n) is 3.61. The Morgan fingerprint density at radius 3 is 1.69 bits per heavy atom. The number of phenols is 2. The molecule has 0 spiro atoms. The summed E-state index contributed by atoms with van der Waals surface area (Å²) in [7, 11) is 3.08. The Morgan fingerprint density at radius 1 is 0.844 bits per heavy atom. The van der Waals surface area contributed by atoms with E-state index in [2.05, 4.69) is 18.1 Å². The molecule has 0 atom stereocenters. The van der Waals surface area contributed by atoms with Crippen LogP contribution in [-0.4, -0.2) is 49.1 Å². The van der Waals surface area contributed by atoms with Crippen LogP contribution in [0.4, 0.5) is 0 Å². The average Bonchev–Trinajstić information content (AvgIpc) is 2.78. The van der Waals surface area contributed by atoms with Crippen LogP contribution < -0.4 is 9.47 Å². The highest BCUT2D eigenvalue weighted by molar-refractivity contribution is 5.50. The number of ether oxygens (including phenoxy) is 3. The van der Waals surface area contributed by atoms with Crippen molar-refractivity contribution in [2.75, 3.05) is 34.0 Å². The van der Waals surface area contributed by atoms with Crippen molar-refractivity contribution >= 4 is 0 Å². The van der Waals surface area contributed by atoms with Crippen LogP contribution in [0, 0.1) is 0 Å². The molecule has 2 N–H and O–H groups in total. The molecule has 0 fully saturated rings. The molecule has 0 heterocycles. The lowest BCUT2D eigenvalue weighted by Crippen LogP contribution is -2.27. The highest BCUT2D eigenvalue weighted by Gasteiger charge is 2.18. The Bertz CT molecular complexity index is 840. The number of rotatable bonds is 14. The van der Waals surface area contributed by atoms with Crippen LogP contribution in [0.25, 0.3) is 0 Å². The zero-order chi connectivity index (χ0) is 23.5. The summed E-state index contributed by atoms with van der Waals surface area (Å²) in [6, 6.07) is 7.56. The van der Waals surface area contributed by atoms with Gasteiger partial charge in [0, 0.05) is 37.4 Å². The van der Waals surface area contributed by atoms with E-state index in [-0.39, 0.29) is 11.5 Å². The summed E-state index contributed by atoms with van der Waals surface area (Å²) >= 11 is 0. The number of phenolic OH excluding ortho intramolecular Hbond substituents is 2. The maximum atomic E-state index is 10.7. The van der Waals surface area contributed by atoms with Crippen molar-refractivity contribution in [1.29, 1.82) is 0 Å². The van der Waals surface area contributed by atoms with Crippen LogP contribution in [-0.2, 0) is 30.7 Å². The average molecular weight is 442 g/mol. The molecule has 0 saturated carbocycles. The number of methoxy groups -OCH3 is 2. The lowest BCUT2D eigenvalue weighted by atomic mass is 10.0. The normalized spacial score (nSPS) is 10.9. The molecule has 6 heteroatoms. The van der Waals surface area contributed by atoms with Gasteiger partial charge in [0.15, 0.2) is 23.0 Å². The van der Waals surface area contributed by atoms with Crippen LogP contribution in [0.2, 0.25) is 0 Å². The number of hydrogen-bond acceptors (Lipinski definition) is 6. The van der Waals surface area contributed by atoms with Gasteiger partial charge in [0.05, 0.1) is 20.8 Å². The van der Waals surface area contributed by atoms with Crippen LogP contribution in [0.1, 0.15) is 29.2 Å². The van der Waals surface area contributed by atoms with Gasteiger partial charge in [0.2, 0.25) is 0 Å². The van der Waals surface area contributed by atoms with Gasteiger partial charge in [-0.15, -0.1) is 13.2 Å². The van der Waals surface area contributed by atoms with E-state index in [9.17, 15) is 10.2 Å². The minimum Gasteiger partial charge on any atom is -0.504 e. The SMILES string of the molecule is C=CCc1cc(CN(CCOCC)Cc2cc(CC=C)cc(OC)c2O)c(O)c(OC)c1. The third-order valence-corrected chi connectivity index (χ3v) is 5.17. The van der Waals surface area contributed by atoms with Gasteiger partial charge in [0.25, 0.3) is 0 Å². The zero-order valence-electron chi connectivity index (χ0n) is 19.4. The Morgan fingerprint density at radius 2 is 1.31 bits per heavy atom. The van der Waals surface area contributed by atoms with Crippen molar-refractivity contribution in [3.63, 3.8) is 0 Å². The van der Waals surface area contributed by atoms with Crippen molar-refractivity contribution in [3.05, 3.63) is 71.8 Å². The van der Waals surface area contributed by atoms with Gasteiger partial charge in [0.1, 0.15) is 0 Å². The summed E-state index contributed by atoms with van der Waals surface area (Å²) in [5, 5.41) is 21.5. The monoisotopic (exact) mass is 441 g/mol. The van der Waals surface area contributed by atoms with Crippen molar-refractivity contribution in [2.45, 2.75) is 32.9 Å². The Kier molecular flexibility index (Phi) is 10.1. The number of hydrogen-bond donors (Lipinski definition) is 2. The predicted molar refractivity (Wildman–Crippen MR) is 128 cm³/mol. The van der Waals surface area contributed by atoms with Crippen LogP contribution in [0.15, 0.2) is 49.6 Å². The van der Waals surface area contributed by atoms with Gasteiger partial charge in [-0.05, 0) is 43.0 Å². The molecule has 2 rings (SSSR count). The number of allylic oxidation sites excluding steroid dienone is 2. The molecule has 2 aromatic rings. The maximum Gasteiger partial charge on any atom is 0.162 e. The Balaban J connectivity index is 2.39. The summed E-state index contributed by atoms with van der Waals surface area (Å²) in [5.41, 5.74) is 3.50. The summed E-state index contributed by atoms with van der Waals surface area (Å²) in [4.78, 5) is 2.12. The topological polar surface area (TPSA) is 71.4 Å². The molecule has 0 radical (unpaired) electrons. The molecule has 0 unspecified atom stereocenters. The molecular formula is C26H35NO5. The van der Waals surface area contributed by atoms with Crippen molar-refractivity contribution in [3.8, 4) is 23.0 Å². The van der Waals surface area contributed by atoms with E-state index in [1.165, 1.54) is 0 Å². The molecule has 0 bridgehead atoms. The first kappa shape index (κ1) is 25.3. The van der Waals surface area contributed by atoms with E-state index < -0.39 is 0 Å². The third-order valence-electron chi connectivity index (χ3n) is 5.17. The van der Waals surface area contributed by atoms with E-state index in [4.69, 9.17) is 14.2 Å². The first-order valence-corrected chi connectivity index (χ1v) is 10.8. The number of benzene rings is 2. The lowest BCUT2D eigenvalue weighted by molar-refractivity contribution is 0.107. The van der Waals surface area contributed by atoms with E-state index in [1.54, 1.807) is 14.2 Å². The zero-order valence-corrected chi connectivity index (χ0v) is 19.4. The first-order valence-electron chi connectivity index (χ1n) is 10.8. The second-order valence-corrected chi connectivity index (χ2v) is 7.50. The highest BCUT2D eigenvalue weighted by atomic mass is 16.5. The summed E-state index contributed by atoms with van der Waals surface area (Å²) in [5.74, 6) is 1.09. The van der Waals surface area contributed by atoms with Gasteiger partial charge >= 0.3 is 0 Å². The largest absolute Gasteiger partial charge is 0.504 e. The van der Waals surface area contributed by atoms with Gasteiger partial charge in [-0.3, -0.25) is 4.90 Å². The van der Waals surface area contributed by atoms with Gasteiger partial charge < -0.3 is 24.4 Å². The predicted octanol–water partition coefficient (Wildman–Crippen LogP) is 4.61. The van der Waals surface area contributed by atoms with E-state index in [0.717, 1.165) is 22.3 Å². The molecule has 174 valence electrons. The van der Waals surface area contributed by atoms with Crippen LogP contribution in [0.3, 0.4) is 0 Å². The van der Waals surface area contributed by atoms with Gasteiger partial charge in [-0.2, -0.15) is 0 Å². The molecule has 0 saturated heterocycles. The number of aromatic hydroxyl groups is 2. The Labute approximate surface area is 191 Å². The fourth-order valence-corrected chi connectivity index (χ4v) is 3.61. The van der Waals surface area contributed by atoms with Crippen molar-refractivity contribution in [2.24, 2.45) is 0 Å². The molecule has 6 nitrogen and oxygen atoms in total. The first-order chi connectivity index (χ1) is 15.5. The minimum atomic E-state index is 0.115. The molecule has 0 aliphatic carbocycles. The second-order valence-electron chi connectivity index (χ2n) is 7.50. The van der Waals surface area contributed by atoms with Crippen molar-refractivity contribution < 1.29 is 24.4 Å². The summed E-state index contributed by atoms with van der Waals surface area (Å²) in [6.45, 7) is 12.2. The molecule has 2 aromatic carbocycles. The Hall–Kier alpha value is -2.96. The maximum absolute atomic E-state index is 10.7. The quantitative estimate of drug-likeness (QED) is 0.330. The lowest BCUT2D eigenvalue weighted by Gasteiger charge is -2.25. The smallest absolute Gasteiger partial charge is 0.162 e. The van der Waals surface area contributed by atoms with Gasteiger partial charge in [-0.25, -0.2) is 0 Å². The molecule has 0 aliphatic rings. The molecule has 32 heavy (non-hydrogen) atoms. The minimum absolute atomic E-state index is 0.115. The number of nitrogens with zero attached hydrogens (tertiary/aromatic N) is 1. The highest BCUT2D eigenvalue weighted by Crippen LogP contribution is 2.35. The molecular weight excluding hydrogens is 406 g/mol. The van der Waals surface area contributed by atoms with E-state index in [0.29, 0.717) is 57.2 Å². The van der Waals surface area contributed by atoms with Crippen LogP contribution >= 0.6 is 0 Å². The third kappa shape index (κ3) is 6.77. The van der Waals surface area contributed by atoms with E-state index >= 15 is 0 Å².